The largest absolute Gasteiger partial charge is 0.386 e. The molecule has 0 spiro atoms. The summed E-state index contributed by atoms with van der Waals surface area (Å²) >= 11 is 9.13. The minimum absolute atomic E-state index is 0.310. The van der Waals surface area contributed by atoms with Crippen LogP contribution in [0.1, 0.15) is 18.6 Å². The van der Waals surface area contributed by atoms with Crippen molar-refractivity contribution < 1.29 is 9.84 Å². The molecular formula is C10H12BrClO2. The van der Waals surface area contributed by atoms with E-state index in [9.17, 15) is 5.11 Å². The normalized spacial score (nSPS) is 12.9. The van der Waals surface area contributed by atoms with E-state index in [1.165, 1.54) is 0 Å². The monoisotopic (exact) mass is 278 g/mol. The Labute approximate surface area is 97.0 Å². The minimum atomic E-state index is -0.594. The van der Waals surface area contributed by atoms with Gasteiger partial charge in [-0.15, -0.1) is 0 Å². The zero-order valence-electron chi connectivity index (χ0n) is 7.84. The number of rotatable bonds is 4. The summed E-state index contributed by atoms with van der Waals surface area (Å²) in [6.45, 7) is 2.81. The average molecular weight is 280 g/mol. The zero-order valence-corrected chi connectivity index (χ0v) is 10.2. The van der Waals surface area contributed by atoms with Crippen LogP contribution >= 0.6 is 27.5 Å². The molecule has 0 radical (unpaired) electrons. The summed E-state index contributed by atoms with van der Waals surface area (Å²) in [5.74, 6) is 0. The molecule has 0 aromatic heterocycles. The Morgan fingerprint density at radius 1 is 1.57 bits per heavy atom. The maximum absolute atomic E-state index is 9.68. The summed E-state index contributed by atoms with van der Waals surface area (Å²) in [6, 6.07) is 5.33. The maximum Gasteiger partial charge on any atom is 0.102 e. The quantitative estimate of drug-likeness (QED) is 0.917. The summed E-state index contributed by atoms with van der Waals surface area (Å²) in [6.07, 6.45) is -0.594. The van der Waals surface area contributed by atoms with E-state index in [1.54, 1.807) is 18.2 Å². The molecule has 1 aromatic carbocycles. The van der Waals surface area contributed by atoms with Crippen LogP contribution in [-0.4, -0.2) is 18.3 Å². The molecule has 4 heteroatoms. The molecule has 0 saturated carbocycles. The Morgan fingerprint density at radius 3 is 2.86 bits per heavy atom. The third-order valence-corrected chi connectivity index (χ3v) is 3.02. The number of ether oxygens (including phenoxy) is 1. The molecule has 1 aromatic rings. The van der Waals surface area contributed by atoms with Gasteiger partial charge in [0.25, 0.3) is 0 Å². The highest BCUT2D eigenvalue weighted by Gasteiger charge is 2.08. The summed E-state index contributed by atoms with van der Waals surface area (Å²) in [4.78, 5) is 0. The van der Waals surface area contributed by atoms with E-state index in [4.69, 9.17) is 16.3 Å². The molecular weight excluding hydrogens is 267 g/mol. The van der Waals surface area contributed by atoms with Crippen molar-refractivity contribution in [3.05, 3.63) is 33.3 Å². The Kier molecular flexibility index (Phi) is 4.89. The third-order valence-electron chi connectivity index (χ3n) is 1.81. The van der Waals surface area contributed by atoms with Crippen LogP contribution in [0.2, 0.25) is 5.02 Å². The molecule has 1 N–H and O–H groups in total. The van der Waals surface area contributed by atoms with Gasteiger partial charge in [-0.25, -0.2) is 0 Å². The molecule has 1 unspecified atom stereocenters. The number of hydrogen-bond acceptors (Lipinski definition) is 2. The van der Waals surface area contributed by atoms with Crippen molar-refractivity contribution in [2.45, 2.75) is 13.0 Å². The molecule has 1 rings (SSSR count). The van der Waals surface area contributed by atoms with Gasteiger partial charge in [0.15, 0.2) is 0 Å². The predicted octanol–water partition coefficient (Wildman–Crippen LogP) is 3.17. The second kappa shape index (κ2) is 5.71. The topological polar surface area (TPSA) is 29.5 Å². The van der Waals surface area contributed by atoms with Crippen molar-refractivity contribution in [1.29, 1.82) is 0 Å². The van der Waals surface area contributed by atoms with Crippen LogP contribution in [0.4, 0.5) is 0 Å². The highest BCUT2D eigenvalue weighted by atomic mass is 79.9. The zero-order chi connectivity index (χ0) is 10.6. The lowest BCUT2D eigenvalue weighted by Crippen LogP contribution is -2.06. The maximum atomic E-state index is 9.68. The first-order valence-corrected chi connectivity index (χ1v) is 5.53. The molecule has 0 amide bonds. The Balaban J connectivity index is 2.70. The number of halogens is 2. The van der Waals surface area contributed by atoms with Gasteiger partial charge in [-0.3, -0.25) is 0 Å². The molecule has 0 fully saturated rings. The van der Waals surface area contributed by atoms with Gasteiger partial charge < -0.3 is 9.84 Å². The van der Waals surface area contributed by atoms with E-state index in [1.807, 2.05) is 6.92 Å². The first kappa shape index (κ1) is 12.0. The predicted molar refractivity (Wildman–Crippen MR) is 60.6 cm³/mol. The summed E-state index contributed by atoms with van der Waals surface area (Å²) in [5, 5.41) is 10.3. The Morgan fingerprint density at radius 2 is 2.29 bits per heavy atom. The smallest absolute Gasteiger partial charge is 0.102 e. The van der Waals surface area contributed by atoms with Crippen molar-refractivity contribution >= 4 is 27.5 Å². The first-order valence-electron chi connectivity index (χ1n) is 4.36. The fourth-order valence-corrected chi connectivity index (χ4v) is 1.56. The second-order valence-corrected chi connectivity index (χ2v) is 4.11. The Bertz CT molecular complexity index is 304. The van der Waals surface area contributed by atoms with Crippen LogP contribution in [0, 0.1) is 0 Å². The van der Waals surface area contributed by atoms with Crippen molar-refractivity contribution in [2.75, 3.05) is 13.2 Å². The third kappa shape index (κ3) is 3.24. The van der Waals surface area contributed by atoms with Crippen LogP contribution in [0.5, 0.6) is 0 Å². The molecule has 0 saturated heterocycles. The molecule has 2 nitrogen and oxygen atoms in total. The van der Waals surface area contributed by atoms with Crippen LogP contribution in [-0.2, 0) is 4.74 Å². The highest BCUT2D eigenvalue weighted by Crippen LogP contribution is 2.26. The molecule has 14 heavy (non-hydrogen) atoms. The van der Waals surface area contributed by atoms with Crippen LogP contribution in [0.15, 0.2) is 22.7 Å². The van der Waals surface area contributed by atoms with E-state index in [-0.39, 0.29) is 0 Å². The van der Waals surface area contributed by atoms with Gasteiger partial charge in [-0.05, 0) is 40.5 Å². The van der Waals surface area contributed by atoms with Crippen LogP contribution in [0.25, 0.3) is 0 Å². The van der Waals surface area contributed by atoms with Crippen LogP contribution < -0.4 is 0 Å². The summed E-state index contributed by atoms with van der Waals surface area (Å²) in [7, 11) is 0. The summed E-state index contributed by atoms with van der Waals surface area (Å²) < 4.78 is 5.91. The number of aliphatic hydroxyl groups is 1. The molecule has 0 aliphatic rings. The van der Waals surface area contributed by atoms with Gasteiger partial charge >= 0.3 is 0 Å². The van der Waals surface area contributed by atoms with Crippen molar-refractivity contribution in [3.8, 4) is 0 Å². The van der Waals surface area contributed by atoms with Gasteiger partial charge in [-0.2, -0.15) is 0 Å². The van der Waals surface area contributed by atoms with Crippen LogP contribution in [0.3, 0.4) is 0 Å². The van der Waals surface area contributed by atoms with E-state index >= 15 is 0 Å². The summed E-state index contributed by atoms with van der Waals surface area (Å²) in [5.41, 5.74) is 0.801. The standard InChI is InChI=1S/C10H12BrClO2/c1-2-14-6-10(13)7-3-4-9(12)8(11)5-7/h3-5,10,13H,2,6H2,1H3. The average Bonchev–Trinajstić information content (AvgIpc) is 2.18. The first-order chi connectivity index (χ1) is 6.65. The molecule has 0 heterocycles. The van der Waals surface area contributed by atoms with Crippen molar-refractivity contribution in [3.63, 3.8) is 0 Å². The van der Waals surface area contributed by atoms with E-state index in [0.717, 1.165) is 10.0 Å². The van der Waals surface area contributed by atoms with Gasteiger partial charge in [0.05, 0.1) is 11.6 Å². The van der Waals surface area contributed by atoms with E-state index < -0.39 is 6.10 Å². The SMILES string of the molecule is CCOCC(O)c1ccc(Cl)c(Br)c1. The highest BCUT2D eigenvalue weighted by molar-refractivity contribution is 9.10. The lowest BCUT2D eigenvalue weighted by molar-refractivity contribution is 0.0420. The lowest BCUT2D eigenvalue weighted by atomic mass is 10.1. The Hall–Kier alpha value is -0.0900. The minimum Gasteiger partial charge on any atom is -0.386 e. The van der Waals surface area contributed by atoms with Crippen molar-refractivity contribution in [1.82, 2.24) is 0 Å². The molecule has 0 aliphatic carbocycles. The van der Waals surface area contributed by atoms with E-state index in [2.05, 4.69) is 15.9 Å². The number of benzene rings is 1. The second-order valence-electron chi connectivity index (χ2n) is 2.85. The fraction of sp³-hybridized carbons (Fsp3) is 0.400. The molecule has 0 aliphatic heterocycles. The fourth-order valence-electron chi connectivity index (χ4n) is 1.05. The van der Waals surface area contributed by atoms with Gasteiger partial charge in [0, 0.05) is 11.1 Å². The molecule has 78 valence electrons. The molecule has 1 atom stereocenters. The van der Waals surface area contributed by atoms with E-state index in [0.29, 0.717) is 18.2 Å². The van der Waals surface area contributed by atoms with Crippen molar-refractivity contribution in [2.24, 2.45) is 0 Å². The van der Waals surface area contributed by atoms with Gasteiger partial charge in [0.1, 0.15) is 6.10 Å². The van der Waals surface area contributed by atoms with Gasteiger partial charge in [0.2, 0.25) is 0 Å². The molecule has 0 bridgehead atoms. The number of hydrogen-bond donors (Lipinski definition) is 1. The lowest BCUT2D eigenvalue weighted by Gasteiger charge is -2.11. The van der Waals surface area contributed by atoms with Gasteiger partial charge in [-0.1, -0.05) is 17.7 Å². The number of aliphatic hydroxyl groups excluding tert-OH is 1.